The summed E-state index contributed by atoms with van der Waals surface area (Å²) in [5, 5.41) is 1.33. The number of thioether (sulfide) groups is 1. The Morgan fingerprint density at radius 3 is 2.32 bits per heavy atom. The van der Waals surface area contributed by atoms with Crippen LogP contribution in [0, 0.1) is 6.92 Å². The summed E-state index contributed by atoms with van der Waals surface area (Å²) in [6, 6.07) is 23.5. The number of rotatable bonds is 7. The van der Waals surface area contributed by atoms with Crippen molar-refractivity contribution in [1.82, 2.24) is 0 Å². The molecule has 0 spiro atoms. The number of aryl methyl sites for hydroxylation is 1. The Balaban J connectivity index is 1.52. The number of ether oxygens (including phenoxy) is 1. The molecular formula is C28H27ClN2O2S. The molecule has 0 N–H and O–H groups in total. The number of anilines is 1. The third kappa shape index (κ3) is 5.91. The lowest BCUT2D eigenvalue weighted by Crippen LogP contribution is -2.30. The quantitative estimate of drug-likeness (QED) is 0.257. The number of aliphatic imine (C=N–C) groups is 1. The summed E-state index contributed by atoms with van der Waals surface area (Å²) < 4.78 is 5.80. The molecule has 3 aromatic rings. The molecular weight excluding hydrogens is 464 g/mol. The largest absolute Gasteiger partial charge is 0.493 e. The van der Waals surface area contributed by atoms with Crippen molar-refractivity contribution in [2.24, 2.45) is 4.99 Å². The summed E-state index contributed by atoms with van der Waals surface area (Å²) in [4.78, 5) is 19.7. The van der Waals surface area contributed by atoms with E-state index in [2.05, 4.69) is 26.0 Å². The molecule has 0 bridgehead atoms. The van der Waals surface area contributed by atoms with Crippen LogP contribution in [0.25, 0.3) is 6.08 Å². The highest BCUT2D eigenvalue weighted by atomic mass is 35.5. The number of hydrogen-bond acceptors (Lipinski definition) is 4. The fraction of sp³-hybridized carbons (Fsp3) is 0.214. The van der Waals surface area contributed by atoms with E-state index in [1.807, 2.05) is 61.5 Å². The molecule has 0 unspecified atom stereocenters. The summed E-state index contributed by atoms with van der Waals surface area (Å²) in [7, 11) is 0. The molecule has 1 heterocycles. The van der Waals surface area contributed by atoms with E-state index in [0.29, 0.717) is 34.2 Å². The molecule has 0 atom stereocenters. The van der Waals surface area contributed by atoms with Crippen LogP contribution in [0.3, 0.4) is 0 Å². The number of amides is 1. The summed E-state index contributed by atoms with van der Waals surface area (Å²) >= 11 is 7.43. The molecule has 1 amide bonds. The van der Waals surface area contributed by atoms with Crippen LogP contribution in [0.5, 0.6) is 5.75 Å². The first kappa shape index (κ1) is 24.1. The summed E-state index contributed by atoms with van der Waals surface area (Å²) in [5.41, 5.74) is 4.59. The fourth-order valence-electron chi connectivity index (χ4n) is 3.47. The minimum atomic E-state index is -0.127. The van der Waals surface area contributed by atoms with Crippen molar-refractivity contribution in [1.29, 1.82) is 0 Å². The Kier molecular flexibility index (Phi) is 7.76. The SMILES string of the molecule is Cc1ccc(N2C(=O)C(=Cc3ccc(C(C)C)cc3)N=C2SCCOc2ccc(Cl)cc2)cc1. The van der Waals surface area contributed by atoms with Gasteiger partial charge in [0.2, 0.25) is 0 Å². The zero-order valence-electron chi connectivity index (χ0n) is 19.5. The van der Waals surface area contributed by atoms with Crippen LogP contribution in [0.4, 0.5) is 5.69 Å². The van der Waals surface area contributed by atoms with E-state index >= 15 is 0 Å². The maximum Gasteiger partial charge on any atom is 0.283 e. The van der Waals surface area contributed by atoms with Crippen LogP contribution < -0.4 is 9.64 Å². The van der Waals surface area contributed by atoms with Gasteiger partial charge in [-0.25, -0.2) is 4.99 Å². The molecule has 0 aromatic heterocycles. The van der Waals surface area contributed by atoms with E-state index < -0.39 is 0 Å². The Hall–Kier alpha value is -3.02. The van der Waals surface area contributed by atoms with Crippen molar-refractivity contribution in [3.63, 3.8) is 0 Å². The topological polar surface area (TPSA) is 41.9 Å². The van der Waals surface area contributed by atoms with Crippen LogP contribution in [-0.2, 0) is 4.79 Å². The van der Waals surface area contributed by atoms with Crippen molar-refractivity contribution in [2.75, 3.05) is 17.3 Å². The fourth-order valence-corrected chi connectivity index (χ4v) is 4.43. The first-order valence-electron chi connectivity index (χ1n) is 11.2. The van der Waals surface area contributed by atoms with Gasteiger partial charge in [0.15, 0.2) is 5.17 Å². The van der Waals surface area contributed by atoms with Gasteiger partial charge in [-0.3, -0.25) is 9.69 Å². The molecule has 0 saturated carbocycles. The zero-order chi connectivity index (χ0) is 24.1. The van der Waals surface area contributed by atoms with E-state index in [9.17, 15) is 4.79 Å². The number of nitrogens with zero attached hydrogens (tertiary/aromatic N) is 2. The van der Waals surface area contributed by atoms with Gasteiger partial charge in [0.25, 0.3) is 5.91 Å². The number of hydrogen-bond donors (Lipinski definition) is 0. The van der Waals surface area contributed by atoms with Crippen LogP contribution in [-0.4, -0.2) is 23.4 Å². The molecule has 0 saturated heterocycles. The van der Waals surface area contributed by atoms with Crippen molar-refractivity contribution in [2.45, 2.75) is 26.7 Å². The van der Waals surface area contributed by atoms with Crippen LogP contribution in [0.15, 0.2) is 83.5 Å². The number of carbonyl (C=O) groups excluding carboxylic acids is 1. The lowest BCUT2D eigenvalue weighted by atomic mass is 10.0. The maximum absolute atomic E-state index is 13.4. The maximum atomic E-state index is 13.4. The standard InChI is InChI=1S/C28H27ClN2O2S/c1-19(2)22-8-6-21(7-9-22)18-26-27(32)31(24-12-4-20(3)5-13-24)28(30-26)34-17-16-33-25-14-10-23(29)11-15-25/h4-15,18-19H,16-17H2,1-3H3. The van der Waals surface area contributed by atoms with Gasteiger partial charge in [0.05, 0.1) is 12.3 Å². The van der Waals surface area contributed by atoms with E-state index in [0.717, 1.165) is 22.6 Å². The molecule has 0 radical (unpaired) electrons. The molecule has 0 aliphatic carbocycles. The number of amidine groups is 1. The third-order valence-electron chi connectivity index (χ3n) is 5.43. The molecule has 1 aliphatic heterocycles. The number of carbonyl (C=O) groups is 1. The second-order valence-corrected chi connectivity index (χ2v) is 9.87. The highest BCUT2D eigenvalue weighted by molar-refractivity contribution is 8.14. The predicted molar refractivity (Wildman–Crippen MR) is 144 cm³/mol. The van der Waals surface area contributed by atoms with Crippen LogP contribution in [0.2, 0.25) is 5.02 Å². The minimum Gasteiger partial charge on any atom is -0.493 e. The van der Waals surface area contributed by atoms with E-state index in [-0.39, 0.29) is 5.91 Å². The third-order valence-corrected chi connectivity index (χ3v) is 6.58. The average molecular weight is 491 g/mol. The molecule has 174 valence electrons. The average Bonchev–Trinajstić information content (AvgIpc) is 3.13. The normalized spacial score (nSPS) is 14.7. The van der Waals surface area contributed by atoms with Gasteiger partial charge in [-0.1, -0.05) is 79.2 Å². The molecule has 0 fully saturated rings. The van der Waals surface area contributed by atoms with Crippen LogP contribution in [0.1, 0.15) is 36.5 Å². The van der Waals surface area contributed by atoms with Gasteiger partial charge < -0.3 is 4.74 Å². The van der Waals surface area contributed by atoms with E-state index in [4.69, 9.17) is 21.3 Å². The molecule has 34 heavy (non-hydrogen) atoms. The van der Waals surface area contributed by atoms with Crippen molar-refractivity contribution >= 4 is 46.2 Å². The number of halogens is 1. The smallest absolute Gasteiger partial charge is 0.283 e. The molecule has 6 heteroatoms. The molecule has 4 nitrogen and oxygen atoms in total. The van der Waals surface area contributed by atoms with Gasteiger partial charge >= 0.3 is 0 Å². The van der Waals surface area contributed by atoms with E-state index in [1.165, 1.54) is 17.3 Å². The lowest BCUT2D eigenvalue weighted by Gasteiger charge is -2.18. The lowest BCUT2D eigenvalue weighted by molar-refractivity contribution is -0.113. The minimum absolute atomic E-state index is 0.127. The summed E-state index contributed by atoms with van der Waals surface area (Å²) in [6.07, 6.45) is 1.85. The first-order chi connectivity index (χ1) is 16.4. The molecule has 4 rings (SSSR count). The summed E-state index contributed by atoms with van der Waals surface area (Å²) in [6.45, 7) is 6.84. The Bertz CT molecular complexity index is 1200. The second-order valence-electron chi connectivity index (χ2n) is 8.37. The number of benzene rings is 3. The van der Waals surface area contributed by atoms with Gasteiger partial charge in [-0.15, -0.1) is 0 Å². The highest BCUT2D eigenvalue weighted by Gasteiger charge is 2.31. The van der Waals surface area contributed by atoms with Gasteiger partial charge in [-0.05, 0) is 66.4 Å². The van der Waals surface area contributed by atoms with Gasteiger partial charge in [0, 0.05) is 10.8 Å². The Morgan fingerprint density at radius 1 is 1.00 bits per heavy atom. The van der Waals surface area contributed by atoms with E-state index in [1.54, 1.807) is 17.0 Å². The second kappa shape index (κ2) is 10.9. The van der Waals surface area contributed by atoms with Crippen LogP contribution >= 0.6 is 23.4 Å². The predicted octanol–water partition coefficient (Wildman–Crippen LogP) is 7.33. The highest BCUT2D eigenvalue weighted by Crippen LogP contribution is 2.30. The monoisotopic (exact) mass is 490 g/mol. The van der Waals surface area contributed by atoms with Crippen molar-refractivity contribution in [3.05, 3.63) is 100 Å². The van der Waals surface area contributed by atoms with Crippen molar-refractivity contribution < 1.29 is 9.53 Å². The Morgan fingerprint density at radius 2 is 1.68 bits per heavy atom. The van der Waals surface area contributed by atoms with Crippen molar-refractivity contribution in [3.8, 4) is 5.75 Å². The molecule has 1 aliphatic rings. The summed E-state index contributed by atoms with van der Waals surface area (Å²) in [5.74, 6) is 1.74. The Labute approximate surface area is 210 Å². The van der Waals surface area contributed by atoms with Gasteiger partial charge in [0.1, 0.15) is 11.4 Å². The zero-order valence-corrected chi connectivity index (χ0v) is 21.1. The molecule has 3 aromatic carbocycles. The van der Waals surface area contributed by atoms with Gasteiger partial charge in [-0.2, -0.15) is 0 Å². The first-order valence-corrected chi connectivity index (χ1v) is 12.6.